The van der Waals surface area contributed by atoms with Crippen LogP contribution in [0, 0.1) is 5.92 Å². The summed E-state index contributed by atoms with van der Waals surface area (Å²) >= 11 is 0. The Bertz CT molecular complexity index is 321. The van der Waals surface area contributed by atoms with E-state index in [1.54, 1.807) is 12.1 Å². The Hall–Kier alpha value is -1.22. The van der Waals surface area contributed by atoms with Gasteiger partial charge in [0.1, 0.15) is 5.75 Å². The third kappa shape index (κ3) is 1.60. The molecule has 1 aliphatic rings. The van der Waals surface area contributed by atoms with E-state index in [2.05, 4.69) is 0 Å². The lowest BCUT2D eigenvalue weighted by Crippen LogP contribution is -2.12. The third-order valence-electron chi connectivity index (χ3n) is 2.54. The van der Waals surface area contributed by atoms with Crippen molar-refractivity contribution in [1.82, 2.24) is 0 Å². The van der Waals surface area contributed by atoms with Gasteiger partial charge in [-0.1, -0.05) is 6.07 Å². The van der Waals surface area contributed by atoms with Crippen LogP contribution in [0.1, 0.15) is 24.4 Å². The van der Waals surface area contributed by atoms with Gasteiger partial charge < -0.3 is 16.6 Å². The average molecular weight is 178 g/mol. The van der Waals surface area contributed by atoms with Crippen molar-refractivity contribution in [3.63, 3.8) is 0 Å². The van der Waals surface area contributed by atoms with Crippen LogP contribution in [0.25, 0.3) is 0 Å². The van der Waals surface area contributed by atoms with Gasteiger partial charge >= 0.3 is 0 Å². The predicted molar refractivity (Wildman–Crippen MR) is 52.2 cm³/mol. The first-order chi connectivity index (χ1) is 6.18. The molecule has 0 saturated heterocycles. The van der Waals surface area contributed by atoms with Crippen molar-refractivity contribution in [2.24, 2.45) is 11.7 Å². The normalized spacial score (nSPS) is 18.5. The largest absolute Gasteiger partial charge is 0.508 e. The van der Waals surface area contributed by atoms with Crippen LogP contribution in [0.3, 0.4) is 0 Å². The third-order valence-corrected chi connectivity index (χ3v) is 2.54. The molecule has 0 unspecified atom stereocenters. The molecule has 1 aromatic carbocycles. The smallest absolute Gasteiger partial charge is 0.122 e. The van der Waals surface area contributed by atoms with Crippen molar-refractivity contribution >= 4 is 5.69 Å². The first-order valence-electron chi connectivity index (χ1n) is 4.52. The van der Waals surface area contributed by atoms with Crippen LogP contribution < -0.4 is 11.5 Å². The lowest BCUT2D eigenvalue weighted by Gasteiger charge is -2.12. The van der Waals surface area contributed by atoms with Crippen molar-refractivity contribution in [2.75, 3.05) is 5.73 Å². The maximum atomic E-state index is 9.58. The number of nitrogens with two attached hydrogens (primary N) is 2. The Labute approximate surface area is 77.4 Å². The number of anilines is 1. The maximum absolute atomic E-state index is 9.58. The second-order valence-corrected chi connectivity index (χ2v) is 3.68. The van der Waals surface area contributed by atoms with E-state index < -0.39 is 0 Å². The highest BCUT2D eigenvalue weighted by Crippen LogP contribution is 2.42. The number of hydrogen-bond donors (Lipinski definition) is 3. The van der Waals surface area contributed by atoms with E-state index in [-0.39, 0.29) is 11.8 Å². The van der Waals surface area contributed by atoms with Gasteiger partial charge in [0.25, 0.3) is 0 Å². The Morgan fingerprint density at radius 2 is 2.08 bits per heavy atom. The van der Waals surface area contributed by atoms with Crippen LogP contribution in [0.4, 0.5) is 5.69 Å². The first-order valence-corrected chi connectivity index (χ1v) is 4.52. The van der Waals surface area contributed by atoms with Gasteiger partial charge in [0.05, 0.1) is 0 Å². The molecule has 1 atom stereocenters. The SMILES string of the molecule is Nc1ccc([C@@H](N)C2CC2)c(O)c1. The van der Waals surface area contributed by atoms with Crippen LogP contribution in [-0.2, 0) is 0 Å². The molecule has 70 valence electrons. The van der Waals surface area contributed by atoms with Crippen LogP contribution in [0.5, 0.6) is 5.75 Å². The minimum absolute atomic E-state index is 0.0272. The zero-order valence-electron chi connectivity index (χ0n) is 7.40. The molecule has 0 aliphatic heterocycles. The van der Waals surface area contributed by atoms with Crippen LogP contribution >= 0.6 is 0 Å². The van der Waals surface area contributed by atoms with E-state index in [9.17, 15) is 5.11 Å². The number of aromatic hydroxyl groups is 1. The summed E-state index contributed by atoms with van der Waals surface area (Å²) in [7, 11) is 0. The molecule has 0 spiro atoms. The topological polar surface area (TPSA) is 72.3 Å². The van der Waals surface area contributed by atoms with Crippen LogP contribution in [-0.4, -0.2) is 5.11 Å². The Kier molecular flexibility index (Phi) is 1.88. The summed E-state index contributed by atoms with van der Waals surface area (Å²) in [4.78, 5) is 0. The zero-order chi connectivity index (χ0) is 9.42. The average Bonchev–Trinajstić information content (AvgIpc) is 2.85. The van der Waals surface area contributed by atoms with Gasteiger partial charge in [-0.3, -0.25) is 0 Å². The van der Waals surface area contributed by atoms with Gasteiger partial charge in [-0.2, -0.15) is 0 Å². The van der Waals surface area contributed by atoms with Gasteiger partial charge in [-0.05, 0) is 24.8 Å². The van der Waals surface area contributed by atoms with Crippen molar-refractivity contribution < 1.29 is 5.11 Å². The summed E-state index contributed by atoms with van der Waals surface area (Å²) < 4.78 is 0. The fourth-order valence-corrected chi connectivity index (χ4v) is 1.55. The van der Waals surface area contributed by atoms with E-state index in [0.29, 0.717) is 11.6 Å². The summed E-state index contributed by atoms with van der Waals surface area (Å²) in [5.74, 6) is 0.772. The molecule has 0 radical (unpaired) electrons. The van der Waals surface area contributed by atoms with E-state index in [1.165, 1.54) is 12.8 Å². The van der Waals surface area contributed by atoms with Crippen molar-refractivity contribution in [3.05, 3.63) is 23.8 Å². The van der Waals surface area contributed by atoms with E-state index >= 15 is 0 Å². The number of nitrogen functional groups attached to an aromatic ring is 1. The molecule has 1 fully saturated rings. The fourth-order valence-electron chi connectivity index (χ4n) is 1.55. The molecule has 3 heteroatoms. The summed E-state index contributed by atoms with van der Waals surface area (Å²) in [5.41, 5.74) is 12.9. The fraction of sp³-hybridized carbons (Fsp3) is 0.400. The number of phenolic OH excluding ortho intramolecular Hbond substituents is 1. The quantitative estimate of drug-likeness (QED) is 0.599. The van der Waals surface area contributed by atoms with Crippen molar-refractivity contribution in [1.29, 1.82) is 0 Å². The molecule has 2 rings (SSSR count). The minimum Gasteiger partial charge on any atom is -0.508 e. The predicted octanol–water partition coefficient (Wildman–Crippen LogP) is 1.38. The van der Waals surface area contributed by atoms with Crippen LogP contribution in [0.15, 0.2) is 18.2 Å². The summed E-state index contributed by atoms with van der Waals surface area (Å²) in [6, 6.07) is 5.11. The molecular formula is C10H14N2O. The van der Waals surface area contributed by atoms with Gasteiger partial charge in [0, 0.05) is 23.4 Å². The molecule has 1 aromatic rings. The van der Waals surface area contributed by atoms with E-state index in [4.69, 9.17) is 11.5 Å². The Morgan fingerprint density at radius 1 is 1.38 bits per heavy atom. The Morgan fingerprint density at radius 3 is 2.62 bits per heavy atom. The molecule has 5 N–H and O–H groups in total. The number of hydrogen-bond acceptors (Lipinski definition) is 3. The lowest BCUT2D eigenvalue weighted by atomic mass is 10.0. The van der Waals surface area contributed by atoms with Crippen molar-refractivity contribution in [3.8, 4) is 5.75 Å². The van der Waals surface area contributed by atoms with Gasteiger partial charge in [-0.15, -0.1) is 0 Å². The van der Waals surface area contributed by atoms with Gasteiger partial charge in [0.15, 0.2) is 0 Å². The lowest BCUT2D eigenvalue weighted by molar-refractivity contribution is 0.456. The van der Waals surface area contributed by atoms with E-state index in [0.717, 1.165) is 5.56 Å². The highest BCUT2D eigenvalue weighted by atomic mass is 16.3. The molecule has 0 heterocycles. The molecule has 3 nitrogen and oxygen atoms in total. The second-order valence-electron chi connectivity index (χ2n) is 3.68. The highest BCUT2D eigenvalue weighted by Gasteiger charge is 2.30. The molecule has 1 saturated carbocycles. The Balaban J connectivity index is 2.28. The van der Waals surface area contributed by atoms with Gasteiger partial charge in [-0.25, -0.2) is 0 Å². The van der Waals surface area contributed by atoms with Crippen LogP contribution in [0.2, 0.25) is 0 Å². The molecule has 13 heavy (non-hydrogen) atoms. The standard InChI is InChI=1S/C10H14N2O/c11-7-3-4-8(9(13)5-7)10(12)6-1-2-6/h3-6,10,13H,1-2,11-12H2/t10-/m0/s1. The summed E-state index contributed by atoms with van der Waals surface area (Å²) in [5, 5.41) is 9.58. The minimum atomic E-state index is -0.0272. The maximum Gasteiger partial charge on any atom is 0.122 e. The van der Waals surface area contributed by atoms with Gasteiger partial charge in [0.2, 0.25) is 0 Å². The monoisotopic (exact) mass is 178 g/mol. The second kappa shape index (κ2) is 2.92. The zero-order valence-corrected chi connectivity index (χ0v) is 7.40. The number of phenols is 1. The van der Waals surface area contributed by atoms with E-state index in [1.807, 2.05) is 6.07 Å². The molecule has 0 amide bonds. The summed E-state index contributed by atoms with van der Waals surface area (Å²) in [6.07, 6.45) is 2.34. The number of rotatable bonds is 2. The molecule has 0 bridgehead atoms. The van der Waals surface area contributed by atoms with Crippen molar-refractivity contribution in [2.45, 2.75) is 18.9 Å². The molecular weight excluding hydrogens is 164 g/mol. The highest BCUT2D eigenvalue weighted by molar-refractivity contribution is 5.49. The first kappa shape index (κ1) is 8.38. The summed E-state index contributed by atoms with van der Waals surface area (Å²) in [6.45, 7) is 0. The molecule has 0 aromatic heterocycles. The number of benzene rings is 1. The molecule has 1 aliphatic carbocycles.